The lowest BCUT2D eigenvalue weighted by Gasteiger charge is -2.46. The molecule has 1 aromatic carbocycles. The van der Waals surface area contributed by atoms with Crippen LogP contribution in [-0.2, 0) is 11.2 Å². The molecule has 2 aromatic heterocycles. The van der Waals surface area contributed by atoms with Crippen molar-refractivity contribution in [2.45, 2.75) is 37.9 Å². The molecule has 1 spiro atoms. The third-order valence-corrected chi connectivity index (χ3v) is 7.98. The Bertz CT molecular complexity index is 1220. The van der Waals surface area contributed by atoms with E-state index in [1.807, 2.05) is 24.3 Å². The number of ether oxygens (including phenoxy) is 1. The van der Waals surface area contributed by atoms with Crippen molar-refractivity contribution in [3.8, 4) is 0 Å². The molecule has 0 atom stereocenters. The van der Waals surface area contributed by atoms with Gasteiger partial charge in [-0.05, 0) is 55.0 Å². The van der Waals surface area contributed by atoms with Gasteiger partial charge in [0, 0.05) is 48.9 Å². The predicted molar refractivity (Wildman–Crippen MR) is 134 cm³/mol. The van der Waals surface area contributed by atoms with Crippen molar-refractivity contribution >= 4 is 39.0 Å². The highest BCUT2D eigenvalue weighted by molar-refractivity contribution is 7.18. The fraction of sp³-hybridized carbons (Fsp3) is 0.480. The Balaban J connectivity index is 1.17. The molecule has 1 amide bonds. The van der Waals surface area contributed by atoms with Gasteiger partial charge in [-0.3, -0.25) is 4.79 Å². The van der Waals surface area contributed by atoms with Crippen LogP contribution in [-0.4, -0.2) is 61.4 Å². The zero-order valence-electron chi connectivity index (χ0n) is 19.9. The monoisotopic (exact) mass is 519 g/mol. The van der Waals surface area contributed by atoms with E-state index in [1.165, 1.54) is 6.33 Å². The van der Waals surface area contributed by atoms with Gasteiger partial charge in [0.05, 0.1) is 18.4 Å². The molecular weight excluding hydrogens is 491 g/mol. The van der Waals surface area contributed by atoms with E-state index in [4.69, 9.17) is 4.74 Å². The highest BCUT2D eigenvalue weighted by Gasteiger charge is 2.49. The molecule has 2 aliphatic rings. The molecule has 3 heterocycles. The van der Waals surface area contributed by atoms with Crippen LogP contribution >= 0.6 is 11.3 Å². The summed E-state index contributed by atoms with van der Waals surface area (Å²) in [5, 5.41) is 7.07. The summed E-state index contributed by atoms with van der Waals surface area (Å²) in [7, 11) is 1.59. The van der Waals surface area contributed by atoms with Gasteiger partial charge in [-0.1, -0.05) is 0 Å². The van der Waals surface area contributed by atoms with Crippen molar-refractivity contribution in [3.05, 3.63) is 47.1 Å². The van der Waals surface area contributed by atoms with Gasteiger partial charge < -0.3 is 20.3 Å². The summed E-state index contributed by atoms with van der Waals surface area (Å²) >= 11 is 1.09. The number of aromatic nitrogens is 2. The number of nitrogens with zero attached hydrogens (tertiary/aromatic N) is 3. The quantitative estimate of drug-likeness (QED) is 0.422. The molecule has 1 saturated heterocycles. The topological polar surface area (TPSA) is 79.4 Å². The van der Waals surface area contributed by atoms with Gasteiger partial charge in [-0.25, -0.2) is 9.97 Å². The van der Waals surface area contributed by atoms with Crippen molar-refractivity contribution in [1.29, 1.82) is 0 Å². The smallest absolute Gasteiger partial charge is 0.383 e. The number of rotatable bonds is 8. The molecule has 0 unspecified atom stereocenters. The number of alkyl halides is 3. The average molecular weight is 520 g/mol. The maximum atomic E-state index is 12.9. The zero-order valence-corrected chi connectivity index (χ0v) is 20.7. The Morgan fingerprint density at radius 1 is 1.25 bits per heavy atom. The van der Waals surface area contributed by atoms with E-state index in [2.05, 4.69) is 25.5 Å². The number of halogens is 3. The molecule has 0 radical (unpaired) electrons. The molecule has 1 aliphatic heterocycles. The van der Waals surface area contributed by atoms with Crippen molar-refractivity contribution in [1.82, 2.24) is 15.3 Å². The number of hydrogen-bond acceptors (Lipinski definition) is 7. The first kappa shape index (κ1) is 24.8. The first-order valence-electron chi connectivity index (χ1n) is 11.9. The molecule has 0 bridgehead atoms. The third-order valence-electron chi connectivity index (χ3n) is 6.94. The minimum absolute atomic E-state index is 0.123. The fourth-order valence-electron chi connectivity index (χ4n) is 5.29. The van der Waals surface area contributed by atoms with Crippen LogP contribution in [0.5, 0.6) is 0 Å². The van der Waals surface area contributed by atoms with E-state index in [9.17, 15) is 18.0 Å². The van der Waals surface area contributed by atoms with Gasteiger partial charge >= 0.3 is 6.18 Å². The average Bonchev–Trinajstić information content (AvgIpc) is 3.42. The number of carbonyl (C=O) groups is 1. The normalized spacial score (nSPS) is 21.7. The summed E-state index contributed by atoms with van der Waals surface area (Å²) in [4.78, 5) is 23.8. The Hall–Kier alpha value is -2.92. The molecule has 7 nitrogen and oxygen atoms in total. The zero-order chi connectivity index (χ0) is 25.3. The van der Waals surface area contributed by atoms with Crippen molar-refractivity contribution in [2.24, 2.45) is 5.41 Å². The Labute approximate surface area is 211 Å². The van der Waals surface area contributed by atoms with E-state index >= 15 is 0 Å². The Kier molecular flexibility index (Phi) is 6.78. The van der Waals surface area contributed by atoms with Crippen molar-refractivity contribution in [2.75, 3.05) is 43.6 Å². The first-order valence-corrected chi connectivity index (χ1v) is 12.7. The summed E-state index contributed by atoms with van der Waals surface area (Å²) in [6, 6.07) is 9.40. The van der Waals surface area contributed by atoms with Crippen LogP contribution in [0.4, 0.5) is 24.7 Å². The number of nitrogens with one attached hydrogen (secondary N) is 2. The van der Waals surface area contributed by atoms with Gasteiger partial charge in [-0.2, -0.15) is 13.2 Å². The maximum Gasteiger partial charge on any atom is 0.393 e. The van der Waals surface area contributed by atoms with Gasteiger partial charge in [-0.15, -0.1) is 11.3 Å². The molecule has 5 rings (SSSR count). The second-order valence-electron chi connectivity index (χ2n) is 9.67. The van der Waals surface area contributed by atoms with Crippen LogP contribution in [0.15, 0.2) is 36.7 Å². The lowest BCUT2D eigenvalue weighted by molar-refractivity contribution is -0.126. The molecule has 2 fully saturated rings. The molecule has 2 N–H and O–H groups in total. The number of methoxy groups -OCH3 is 1. The van der Waals surface area contributed by atoms with E-state index < -0.39 is 12.6 Å². The van der Waals surface area contributed by atoms with Crippen LogP contribution < -0.4 is 15.5 Å². The SMILES string of the molecule is COCCNC(=O)c1ccc(NC2CC3(CCN(c4ncnc5sc(CC(F)(F)F)cc45)C3)C2)cc1. The Morgan fingerprint density at radius 2 is 2.03 bits per heavy atom. The van der Waals surface area contributed by atoms with Crippen LogP contribution in [0.3, 0.4) is 0 Å². The number of benzene rings is 1. The molecule has 11 heteroatoms. The van der Waals surface area contributed by atoms with E-state index in [-0.39, 0.29) is 16.2 Å². The summed E-state index contributed by atoms with van der Waals surface area (Å²) in [5.74, 6) is 0.611. The highest BCUT2D eigenvalue weighted by atomic mass is 32.1. The molecular formula is C25H28F3N5O2S. The van der Waals surface area contributed by atoms with E-state index in [0.717, 1.165) is 55.2 Å². The molecule has 192 valence electrons. The van der Waals surface area contributed by atoms with Crippen molar-refractivity contribution < 1.29 is 22.7 Å². The summed E-state index contributed by atoms with van der Waals surface area (Å²) < 4.78 is 43.5. The molecule has 36 heavy (non-hydrogen) atoms. The van der Waals surface area contributed by atoms with Crippen LogP contribution in [0.1, 0.15) is 34.5 Å². The lowest BCUT2D eigenvalue weighted by atomic mass is 9.65. The minimum Gasteiger partial charge on any atom is -0.383 e. The number of fused-ring (bicyclic) bond motifs is 1. The number of amides is 1. The van der Waals surface area contributed by atoms with Crippen LogP contribution in [0.25, 0.3) is 10.2 Å². The number of hydrogen-bond donors (Lipinski definition) is 2. The maximum absolute atomic E-state index is 12.9. The third kappa shape index (κ3) is 5.41. The number of carbonyl (C=O) groups excluding carboxylic acids is 1. The molecule has 1 saturated carbocycles. The summed E-state index contributed by atoms with van der Waals surface area (Å²) in [6.07, 6.45) is -0.680. The molecule has 1 aliphatic carbocycles. The number of thiophene rings is 1. The van der Waals surface area contributed by atoms with Gasteiger partial charge in [0.25, 0.3) is 5.91 Å². The standard InChI is InChI=1S/C25H28F3N5O2S/c1-35-9-7-29-22(34)16-2-4-17(5-3-16)32-18-11-24(12-18)6-8-33(14-24)21-20-10-19(13-25(26,27)28)36-23(20)31-15-30-21/h2-5,10,15,18,32H,6-9,11-14H2,1H3,(H,29,34). The van der Waals surface area contributed by atoms with Gasteiger partial charge in [0.15, 0.2) is 0 Å². The van der Waals surface area contributed by atoms with Crippen LogP contribution in [0.2, 0.25) is 0 Å². The van der Waals surface area contributed by atoms with Crippen LogP contribution in [0, 0.1) is 5.41 Å². The fourth-order valence-corrected chi connectivity index (χ4v) is 6.31. The second-order valence-corrected chi connectivity index (χ2v) is 10.8. The summed E-state index contributed by atoms with van der Waals surface area (Å²) in [5.41, 5.74) is 1.77. The first-order chi connectivity index (χ1) is 17.2. The largest absolute Gasteiger partial charge is 0.393 e. The van der Waals surface area contributed by atoms with Gasteiger partial charge in [0.1, 0.15) is 17.0 Å². The van der Waals surface area contributed by atoms with E-state index in [1.54, 1.807) is 13.2 Å². The second kappa shape index (κ2) is 9.85. The highest BCUT2D eigenvalue weighted by Crippen LogP contribution is 2.50. The Morgan fingerprint density at radius 3 is 2.75 bits per heavy atom. The van der Waals surface area contributed by atoms with E-state index in [0.29, 0.717) is 35.0 Å². The van der Waals surface area contributed by atoms with Gasteiger partial charge in [0.2, 0.25) is 0 Å². The lowest BCUT2D eigenvalue weighted by Crippen LogP contribution is -2.46. The predicted octanol–water partition coefficient (Wildman–Crippen LogP) is 4.64. The summed E-state index contributed by atoms with van der Waals surface area (Å²) in [6.45, 7) is 2.61. The number of anilines is 2. The van der Waals surface area contributed by atoms with Crippen molar-refractivity contribution in [3.63, 3.8) is 0 Å². The molecule has 3 aromatic rings. The minimum atomic E-state index is -4.24.